The van der Waals surface area contributed by atoms with Crippen LogP contribution in [-0.4, -0.2) is 53.0 Å². The topological polar surface area (TPSA) is 65.1 Å². The van der Waals surface area contributed by atoms with Crippen LogP contribution in [0.4, 0.5) is 0 Å². The Balaban J connectivity index is 2.08. The first-order valence-corrected chi connectivity index (χ1v) is 9.73. The largest absolute Gasteiger partial charge is 0.349 e. The molecule has 0 aromatic rings. The summed E-state index contributed by atoms with van der Waals surface area (Å²) in [5, 5.41) is -0.0849. The average molecular weight is 444 g/mol. The SMILES string of the molecule is COC1(OC)[C@]2(Cl)C(Cl)=C(Cl)[C@@]1(Cl)[C@@]1(C)C(=O)[C@@H]3O[C@]3(C(C)C)C(=O)[C@H]12. The molecule has 2 saturated carbocycles. The van der Waals surface area contributed by atoms with Crippen LogP contribution in [0.2, 0.25) is 0 Å². The molecule has 0 aromatic heterocycles. The van der Waals surface area contributed by atoms with Crippen molar-refractivity contribution in [1.82, 2.24) is 0 Å². The molecule has 3 aliphatic carbocycles. The zero-order valence-electron chi connectivity index (χ0n) is 14.8. The third-order valence-electron chi connectivity index (χ3n) is 6.91. The van der Waals surface area contributed by atoms with Gasteiger partial charge in [-0.25, -0.2) is 0 Å². The van der Waals surface area contributed by atoms with Crippen molar-refractivity contribution >= 4 is 58.0 Å². The fraction of sp³-hybridized carbons (Fsp3) is 0.765. The summed E-state index contributed by atoms with van der Waals surface area (Å²) in [5.74, 6) is -3.79. The van der Waals surface area contributed by atoms with Crippen LogP contribution in [0.3, 0.4) is 0 Å². The second-order valence-corrected chi connectivity index (χ2v) is 9.75. The van der Waals surface area contributed by atoms with Crippen LogP contribution in [0.15, 0.2) is 10.1 Å². The summed E-state index contributed by atoms with van der Waals surface area (Å²) >= 11 is 27.0. The summed E-state index contributed by atoms with van der Waals surface area (Å²) in [6, 6.07) is 0. The van der Waals surface area contributed by atoms with Gasteiger partial charge in [-0.2, -0.15) is 0 Å². The highest BCUT2D eigenvalue weighted by Crippen LogP contribution is 2.81. The number of Topliss-reactive ketones (excluding diaryl/α,β-unsaturated/α-hetero) is 2. The third-order valence-corrected chi connectivity index (χ3v) is 9.65. The first kappa shape index (κ1) is 19.4. The number of hydrogen-bond donors (Lipinski definition) is 0. The smallest absolute Gasteiger partial charge is 0.218 e. The second kappa shape index (κ2) is 4.99. The van der Waals surface area contributed by atoms with Gasteiger partial charge in [-0.3, -0.25) is 9.59 Å². The number of rotatable bonds is 3. The molecular formula is C17H18Cl4O5. The maximum absolute atomic E-state index is 13.6. The van der Waals surface area contributed by atoms with Gasteiger partial charge in [0.2, 0.25) is 5.79 Å². The molecule has 1 saturated heterocycles. The lowest BCUT2D eigenvalue weighted by Gasteiger charge is -2.46. The molecule has 144 valence electrons. The van der Waals surface area contributed by atoms with Crippen LogP contribution < -0.4 is 0 Å². The van der Waals surface area contributed by atoms with Gasteiger partial charge in [-0.1, -0.05) is 37.0 Å². The predicted molar refractivity (Wildman–Crippen MR) is 96.7 cm³/mol. The summed E-state index contributed by atoms with van der Waals surface area (Å²) in [5.41, 5.74) is -2.73. The normalized spacial score (nSPS) is 51.2. The minimum absolute atomic E-state index is 0.0406. The van der Waals surface area contributed by atoms with Gasteiger partial charge in [0, 0.05) is 14.2 Å². The number of alkyl halides is 2. The first-order valence-electron chi connectivity index (χ1n) is 8.22. The molecule has 9 heteroatoms. The number of carbonyl (C=O) groups is 2. The second-order valence-electron chi connectivity index (χ2n) is 7.83. The molecule has 4 rings (SSSR count). The van der Waals surface area contributed by atoms with Crippen LogP contribution >= 0.6 is 46.4 Å². The van der Waals surface area contributed by atoms with Gasteiger partial charge in [0.15, 0.2) is 28.1 Å². The highest BCUT2D eigenvalue weighted by Gasteiger charge is 2.96. The van der Waals surface area contributed by atoms with E-state index >= 15 is 0 Å². The lowest BCUT2D eigenvalue weighted by Crippen LogP contribution is -2.63. The number of methoxy groups -OCH3 is 2. The van der Waals surface area contributed by atoms with E-state index in [0.717, 1.165) is 0 Å². The Morgan fingerprint density at radius 1 is 1.04 bits per heavy atom. The average Bonchev–Trinajstić information content (AvgIpc) is 3.31. The Labute approximate surface area is 171 Å². The number of ether oxygens (including phenoxy) is 3. The summed E-state index contributed by atoms with van der Waals surface area (Å²) in [6.07, 6.45) is -0.888. The van der Waals surface area contributed by atoms with Crippen molar-refractivity contribution in [2.75, 3.05) is 14.2 Å². The molecule has 0 unspecified atom stereocenters. The van der Waals surface area contributed by atoms with Crippen molar-refractivity contribution in [2.24, 2.45) is 17.3 Å². The summed E-state index contributed by atoms with van der Waals surface area (Å²) in [6.45, 7) is 5.21. The molecule has 26 heavy (non-hydrogen) atoms. The summed E-state index contributed by atoms with van der Waals surface area (Å²) in [7, 11) is 2.67. The minimum atomic E-state index is -1.79. The minimum Gasteiger partial charge on any atom is -0.349 e. The maximum atomic E-state index is 13.6. The van der Waals surface area contributed by atoms with Crippen LogP contribution in [0, 0.1) is 17.3 Å². The fourth-order valence-electron chi connectivity index (χ4n) is 5.57. The van der Waals surface area contributed by atoms with Crippen molar-refractivity contribution in [3.05, 3.63) is 10.1 Å². The summed E-state index contributed by atoms with van der Waals surface area (Å²) < 4.78 is 16.9. The Kier molecular flexibility index (Phi) is 3.73. The van der Waals surface area contributed by atoms with E-state index in [4.69, 9.17) is 60.6 Å². The highest BCUT2D eigenvalue weighted by molar-refractivity contribution is 6.54. The molecule has 1 heterocycles. The molecule has 3 fully saturated rings. The van der Waals surface area contributed by atoms with Crippen LogP contribution in [0.25, 0.3) is 0 Å². The van der Waals surface area contributed by atoms with Gasteiger partial charge in [0.05, 0.1) is 21.4 Å². The van der Waals surface area contributed by atoms with Crippen LogP contribution in [-0.2, 0) is 23.8 Å². The van der Waals surface area contributed by atoms with E-state index in [9.17, 15) is 9.59 Å². The van der Waals surface area contributed by atoms with E-state index in [1.807, 2.05) is 13.8 Å². The van der Waals surface area contributed by atoms with Crippen molar-refractivity contribution in [2.45, 2.75) is 48.0 Å². The van der Waals surface area contributed by atoms with Crippen molar-refractivity contribution in [3.8, 4) is 0 Å². The zero-order valence-corrected chi connectivity index (χ0v) is 17.8. The Bertz CT molecular complexity index is 788. The highest BCUT2D eigenvalue weighted by atomic mass is 35.5. The molecule has 0 aromatic carbocycles. The van der Waals surface area contributed by atoms with Gasteiger partial charge >= 0.3 is 0 Å². The Morgan fingerprint density at radius 3 is 2.04 bits per heavy atom. The molecule has 0 N–H and O–H groups in total. The van der Waals surface area contributed by atoms with Crippen molar-refractivity contribution in [1.29, 1.82) is 0 Å². The van der Waals surface area contributed by atoms with E-state index < -0.39 is 38.6 Å². The molecule has 4 aliphatic rings. The lowest BCUT2D eigenvalue weighted by molar-refractivity contribution is -0.223. The van der Waals surface area contributed by atoms with Crippen LogP contribution in [0.1, 0.15) is 20.8 Å². The quantitative estimate of drug-likeness (QED) is 0.380. The van der Waals surface area contributed by atoms with Gasteiger partial charge < -0.3 is 14.2 Å². The van der Waals surface area contributed by atoms with Gasteiger partial charge in [-0.05, 0) is 12.8 Å². The number of carbonyl (C=O) groups excluding carboxylic acids is 2. The number of epoxide rings is 1. The summed E-state index contributed by atoms with van der Waals surface area (Å²) in [4.78, 5) is 23.6. The number of hydrogen-bond acceptors (Lipinski definition) is 5. The Morgan fingerprint density at radius 2 is 1.58 bits per heavy atom. The third kappa shape index (κ3) is 1.40. The van der Waals surface area contributed by atoms with E-state index in [1.54, 1.807) is 6.92 Å². The lowest BCUT2D eigenvalue weighted by atomic mass is 9.56. The molecule has 0 amide bonds. The standard InChI is InChI=1S/C17H18Cl4O5/c1-6(2)14-10(22)7-13(3,11(23)12(14)26-14)16(21)9(19)8(18)15(7,20)17(16,24-4)25-5/h6-7,12H,1-5H3/t7-,12+,13-,14-,15-,16-/m1/s1. The molecular weight excluding hydrogens is 426 g/mol. The zero-order chi connectivity index (χ0) is 19.7. The number of ketones is 2. The maximum Gasteiger partial charge on any atom is 0.218 e. The van der Waals surface area contributed by atoms with Gasteiger partial charge in [0.1, 0.15) is 4.87 Å². The molecule has 1 aliphatic heterocycles. The molecule has 0 spiro atoms. The molecule has 0 radical (unpaired) electrons. The monoisotopic (exact) mass is 442 g/mol. The van der Waals surface area contributed by atoms with Gasteiger partial charge in [0.25, 0.3) is 0 Å². The number of fused-ring (bicyclic) bond motifs is 6. The first-order chi connectivity index (χ1) is 11.9. The van der Waals surface area contributed by atoms with Crippen LogP contribution in [0.5, 0.6) is 0 Å². The van der Waals surface area contributed by atoms with E-state index in [-0.39, 0.29) is 27.5 Å². The Hall–Kier alpha value is 0.120. The number of halogens is 4. The molecule has 2 bridgehead atoms. The molecule has 5 nitrogen and oxygen atoms in total. The fourth-order valence-corrected chi connectivity index (χ4v) is 7.87. The van der Waals surface area contributed by atoms with Crippen molar-refractivity contribution < 1.29 is 23.8 Å². The van der Waals surface area contributed by atoms with E-state index in [0.29, 0.717) is 0 Å². The molecule has 6 atom stereocenters. The van der Waals surface area contributed by atoms with Crippen molar-refractivity contribution in [3.63, 3.8) is 0 Å². The predicted octanol–water partition coefficient (Wildman–Crippen LogP) is 3.22. The van der Waals surface area contributed by atoms with E-state index in [2.05, 4.69) is 0 Å². The van der Waals surface area contributed by atoms with Gasteiger partial charge in [-0.15, -0.1) is 23.2 Å². The van der Waals surface area contributed by atoms with E-state index in [1.165, 1.54) is 14.2 Å².